The zero-order valence-corrected chi connectivity index (χ0v) is 11.7. The molecule has 1 saturated carbocycles. The second kappa shape index (κ2) is 5.44. The molecule has 2 aromatic rings. The third kappa shape index (κ3) is 3.05. The summed E-state index contributed by atoms with van der Waals surface area (Å²) < 4.78 is 18.6. The van der Waals surface area contributed by atoms with E-state index in [1.807, 2.05) is 0 Å². The van der Waals surface area contributed by atoms with Gasteiger partial charge < -0.3 is 15.4 Å². The maximum Gasteiger partial charge on any atom is 0.228 e. The maximum absolute atomic E-state index is 13.3. The van der Waals surface area contributed by atoms with Gasteiger partial charge in [0.05, 0.1) is 0 Å². The fourth-order valence-corrected chi connectivity index (χ4v) is 2.82. The fourth-order valence-electron chi connectivity index (χ4n) is 2.82. The summed E-state index contributed by atoms with van der Waals surface area (Å²) in [5.41, 5.74) is 6.55. The van der Waals surface area contributed by atoms with Gasteiger partial charge in [-0.15, -0.1) is 0 Å². The van der Waals surface area contributed by atoms with Crippen LogP contribution < -0.4 is 5.73 Å². The zero-order valence-electron chi connectivity index (χ0n) is 11.7. The molecule has 21 heavy (non-hydrogen) atoms. The van der Waals surface area contributed by atoms with Crippen molar-refractivity contribution in [2.24, 2.45) is 5.73 Å². The summed E-state index contributed by atoms with van der Waals surface area (Å²) in [5.74, 6) is -0.321. The molecule has 1 fully saturated rings. The van der Waals surface area contributed by atoms with Gasteiger partial charge in [-0.2, -0.15) is 4.98 Å². The Bertz CT molecular complexity index is 636. The average molecular weight is 291 g/mol. The topological polar surface area (TPSA) is 85.2 Å². The van der Waals surface area contributed by atoms with Gasteiger partial charge in [-0.1, -0.05) is 24.4 Å². The minimum Gasteiger partial charge on any atom is -0.505 e. The second-order valence-corrected chi connectivity index (χ2v) is 5.78. The molecule has 0 aliphatic heterocycles. The van der Waals surface area contributed by atoms with Crippen LogP contribution in [-0.2, 0) is 6.42 Å². The number of nitrogens with zero attached hydrogens (tertiary/aromatic N) is 2. The van der Waals surface area contributed by atoms with Gasteiger partial charge in [-0.05, 0) is 31.0 Å². The predicted octanol–water partition coefficient (Wildman–Crippen LogP) is 2.79. The summed E-state index contributed by atoms with van der Waals surface area (Å²) in [6.45, 7) is 0. The fraction of sp³-hybridized carbons (Fsp3) is 0.467. The van der Waals surface area contributed by atoms with Crippen LogP contribution in [0.1, 0.15) is 38.0 Å². The molecule has 0 saturated heterocycles. The Hall–Kier alpha value is -1.95. The van der Waals surface area contributed by atoms with Crippen molar-refractivity contribution in [2.45, 2.75) is 44.1 Å². The van der Waals surface area contributed by atoms with Crippen LogP contribution in [0.15, 0.2) is 22.7 Å². The number of nitrogens with two attached hydrogens (primary N) is 1. The number of rotatable bonds is 3. The van der Waals surface area contributed by atoms with E-state index in [0.29, 0.717) is 23.7 Å². The van der Waals surface area contributed by atoms with E-state index in [2.05, 4.69) is 10.1 Å². The molecule has 1 aromatic heterocycles. The van der Waals surface area contributed by atoms with Crippen LogP contribution >= 0.6 is 0 Å². The van der Waals surface area contributed by atoms with Crippen LogP contribution in [0.4, 0.5) is 4.39 Å². The van der Waals surface area contributed by atoms with Crippen molar-refractivity contribution in [1.82, 2.24) is 10.1 Å². The smallest absolute Gasteiger partial charge is 0.228 e. The lowest BCUT2D eigenvalue weighted by Gasteiger charge is -2.31. The van der Waals surface area contributed by atoms with Crippen molar-refractivity contribution in [3.05, 3.63) is 29.9 Å². The van der Waals surface area contributed by atoms with Crippen LogP contribution in [0, 0.1) is 5.82 Å². The number of hydrogen-bond acceptors (Lipinski definition) is 5. The second-order valence-electron chi connectivity index (χ2n) is 5.78. The van der Waals surface area contributed by atoms with Crippen LogP contribution in [-0.4, -0.2) is 20.8 Å². The summed E-state index contributed by atoms with van der Waals surface area (Å²) in [5, 5.41) is 13.1. The Balaban J connectivity index is 1.78. The number of aromatic nitrogens is 2. The highest BCUT2D eigenvalue weighted by Crippen LogP contribution is 2.29. The molecule has 0 atom stereocenters. The van der Waals surface area contributed by atoms with Crippen molar-refractivity contribution in [1.29, 1.82) is 0 Å². The Labute approximate surface area is 122 Å². The molecule has 6 heteroatoms. The highest BCUT2D eigenvalue weighted by molar-refractivity contribution is 5.55. The lowest BCUT2D eigenvalue weighted by Crippen LogP contribution is -2.43. The largest absolute Gasteiger partial charge is 0.505 e. The van der Waals surface area contributed by atoms with E-state index in [0.717, 1.165) is 25.7 Å². The van der Waals surface area contributed by atoms with E-state index in [1.165, 1.54) is 18.6 Å². The summed E-state index contributed by atoms with van der Waals surface area (Å²) >= 11 is 0. The molecule has 1 aliphatic carbocycles. The SMILES string of the molecule is NC1(Cc2nc(-c3ccc(O)c(F)c3)no2)CCCCC1. The first-order valence-electron chi connectivity index (χ1n) is 7.16. The lowest BCUT2D eigenvalue weighted by molar-refractivity contribution is 0.261. The highest BCUT2D eigenvalue weighted by atomic mass is 19.1. The molecule has 1 aliphatic rings. The van der Waals surface area contributed by atoms with Crippen molar-refractivity contribution >= 4 is 0 Å². The average Bonchev–Trinajstić information content (AvgIpc) is 2.90. The van der Waals surface area contributed by atoms with Crippen LogP contribution in [0.2, 0.25) is 0 Å². The van der Waals surface area contributed by atoms with Crippen LogP contribution in [0.25, 0.3) is 11.4 Å². The van der Waals surface area contributed by atoms with Gasteiger partial charge in [0.2, 0.25) is 11.7 Å². The Kier molecular flexibility index (Phi) is 3.63. The van der Waals surface area contributed by atoms with Crippen molar-refractivity contribution in [3.8, 4) is 17.1 Å². The predicted molar refractivity (Wildman–Crippen MR) is 75.1 cm³/mol. The third-order valence-electron chi connectivity index (χ3n) is 4.03. The number of aromatic hydroxyl groups is 1. The van der Waals surface area contributed by atoms with Gasteiger partial charge in [-0.25, -0.2) is 4.39 Å². The molecular formula is C15H18FN3O2. The Morgan fingerprint density at radius 2 is 2.05 bits per heavy atom. The number of halogens is 1. The van der Waals surface area contributed by atoms with E-state index in [1.54, 1.807) is 6.07 Å². The number of hydrogen-bond donors (Lipinski definition) is 2. The van der Waals surface area contributed by atoms with E-state index in [4.69, 9.17) is 10.3 Å². The molecule has 5 nitrogen and oxygen atoms in total. The Morgan fingerprint density at radius 1 is 1.29 bits per heavy atom. The van der Waals surface area contributed by atoms with Gasteiger partial charge in [-0.3, -0.25) is 0 Å². The van der Waals surface area contributed by atoms with Crippen molar-refractivity contribution in [3.63, 3.8) is 0 Å². The molecule has 0 spiro atoms. The van der Waals surface area contributed by atoms with E-state index in [-0.39, 0.29) is 5.54 Å². The van der Waals surface area contributed by atoms with Crippen LogP contribution in [0.3, 0.4) is 0 Å². The minimum atomic E-state index is -0.707. The number of phenolic OH excluding ortho intramolecular Hbond substituents is 1. The zero-order chi connectivity index (χ0) is 14.9. The minimum absolute atomic E-state index is 0.276. The van der Waals surface area contributed by atoms with Crippen molar-refractivity contribution < 1.29 is 14.0 Å². The van der Waals surface area contributed by atoms with E-state index in [9.17, 15) is 9.50 Å². The first-order chi connectivity index (χ1) is 10.1. The quantitative estimate of drug-likeness (QED) is 0.908. The normalized spacial score (nSPS) is 17.8. The molecule has 0 bridgehead atoms. The molecule has 3 N–H and O–H groups in total. The standard InChI is InChI=1S/C15H18FN3O2/c16-11-8-10(4-5-12(11)20)14-18-13(21-19-14)9-15(17)6-2-1-3-7-15/h4-5,8,20H,1-3,6-7,9,17H2. The van der Waals surface area contributed by atoms with Gasteiger partial charge in [0, 0.05) is 17.5 Å². The van der Waals surface area contributed by atoms with Gasteiger partial charge in [0.1, 0.15) is 0 Å². The van der Waals surface area contributed by atoms with E-state index >= 15 is 0 Å². The van der Waals surface area contributed by atoms with Crippen molar-refractivity contribution in [2.75, 3.05) is 0 Å². The molecular weight excluding hydrogens is 273 g/mol. The summed E-state index contributed by atoms with van der Waals surface area (Å²) in [4.78, 5) is 4.28. The summed E-state index contributed by atoms with van der Waals surface area (Å²) in [6, 6.07) is 4.00. The maximum atomic E-state index is 13.3. The monoisotopic (exact) mass is 291 g/mol. The summed E-state index contributed by atoms with van der Waals surface area (Å²) in [7, 11) is 0. The molecule has 0 unspecified atom stereocenters. The highest BCUT2D eigenvalue weighted by Gasteiger charge is 2.30. The number of phenols is 1. The van der Waals surface area contributed by atoms with Gasteiger partial charge in [0.25, 0.3) is 0 Å². The molecule has 3 rings (SSSR count). The third-order valence-corrected chi connectivity index (χ3v) is 4.03. The first kappa shape index (κ1) is 14.0. The van der Waals surface area contributed by atoms with Gasteiger partial charge >= 0.3 is 0 Å². The van der Waals surface area contributed by atoms with Crippen LogP contribution in [0.5, 0.6) is 5.75 Å². The van der Waals surface area contributed by atoms with Gasteiger partial charge in [0.15, 0.2) is 11.6 Å². The summed E-state index contributed by atoms with van der Waals surface area (Å²) in [6.07, 6.45) is 5.93. The molecule has 1 heterocycles. The molecule has 0 radical (unpaired) electrons. The van der Waals surface area contributed by atoms with E-state index < -0.39 is 11.6 Å². The molecule has 112 valence electrons. The first-order valence-corrected chi connectivity index (χ1v) is 7.16. The lowest BCUT2D eigenvalue weighted by atomic mass is 9.80. The number of benzene rings is 1. The molecule has 1 aromatic carbocycles. The Morgan fingerprint density at radius 3 is 2.76 bits per heavy atom. The molecule has 0 amide bonds.